The summed E-state index contributed by atoms with van der Waals surface area (Å²) in [5.74, 6) is -1.02. The number of carbonyl (C=O) groups excluding carboxylic acids is 2. The molecule has 2 fully saturated rings. The number of rotatable bonds is 3. The average Bonchev–Trinajstić information content (AvgIpc) is 3.15. The monoisotopic (exact) mass is 329 g/mol. The number of fused-ring (bicyclic) bond motifs is 3. The maximum absolute atomic E-state index is 12.8. The van der Waals surface area contributed by atoms with Gasteiger partial charge in [-0.3, -0.25) is 9.78 Å². The molecular weight excluding hydrogens is 310 g/mol. The highest BCUT2D eigenvalue weighted by atomic mass is 16.6. The molecule has 2 aromatic rings. The van der Waals surface area contributed by atoms with E-state index in [9.17, 15) is 9.59 Å². The lowest BCUT2D eigenvalue weighted by Gasteiger charge is -2.33. The van der Waals surface area contributed by atoms with Crippen LogP contribution in [-0.4, -0.2) is 22.5 Å². The summed E-state index contributed by atoms with van der Waals surface area (Å²) in [7, 11) is 0. The first kappa shape index (κ1) is 15.2. The van der Waals surface area contributed by atoms with Crippen LogP contribution in [0.3, 0.4) is 0 Å². The van der Waals surface area contributed by atoms with Crippen molar-refractivity contribution < 1.29 is 23.5 Å². The fraction of sp³-hybridized carbons (Fsp3) is 0.500. The van der Waals surface area contributed by atoms with Crippen molar-refractivity contribution in [2.45, 2.75) is 45.3 Å². The quantitative estimate of drug-likeness (QED) is 0.805. The van der Waals surface area contributed by atoms with Gasteiger partial charge in [0.05, 0.1) is 24.1 Å². The second-order valence-electron chi connectivity index (χ2n) is 7.18. The van der Waals surface area contributed by atoms with Crippen molar-refractivity contribution in [1.82, 2.24) is 4.98 Å². The van der Waals surface area contributed by atoms with Crippen LogP contribution >= 0.6 is 0 Å². The highest BCUT2D eigenvalue weighted by molar-refractivity contribution is 5.91. The number of ether oxygens (including phenoxy) is 2. The average molecular weight is 329 g/mol. The minimum absolute atomic E-state index is 0.235. The van der Waals surface area contributed by atoms with Crippen LogP contribution in [0.2, 0.25) is 0 Å². The second kappa shape index (κ2) is 4.82. The molecule has 0 spiro atoms. The highest BCUT2D eigenvalue weighted by Crippen LogP contribution is 2.59. The van der Waals surface area contributed by atoms with E-state index in [1.165, 1.54) is 0 Å². The molecule has 1 aliphatic heterocycles. The van der Waals surface area contributed by atoms with E-state index in [4.69, 9.17) is 13.9 Å². The van der Waals surface area contributed by atoms with Gasteiger partial charge in [0, 0.05) is 10.8 Å². The standard InChI is InChI=1S/C18H19NO5/c1-10(13-8-11-5-7-22-14(11)9-19-13)23-16(21)18-6-4-12(15(20)24-18)17(18,2)3/h5,7-10,12H,4,6H2,1-3H3/t10-,12+,18-/m1/s1. The summed E-state index contributed by atoms with van der Waals surface area (Å²) in [5.41, 5.74) is -0.420. The molecule has 4 rings (SSSR count). The van der Waals surface area contributed by atoms with Crippen LogP contribution < -0.4 is 0 Å². The third-order valence-electron chi connectivity index (χ3n) is 5.65. The summed E-state index contributed by atoms with van der Waals surface area (Å²) in [6.07, 6.45) is 3.83. The van der Waals surface area contributed by atoms with Crippen molar-refractivity contribution in [2.24, 2.45) is 11.3 Å². The minimum atomic E-state index is -1.18. The Bertz CT molecular complexity index is 839. The molecule has 3 heterocycles. The summed E-state index contributed by atoms with van der Waals surface area (Å²) in [6.45, 7) is 5.56. The van der Waals surface area contributed by atoms with E-state index < -0.39 is 23.1 Å². The Hall–Kier alpha value is -2.37. The zero-order valence-corrected chi connectivity index (χ0v) is 13.9. The lowest BCUT2D eigenvalue weighted by Crippen LogP contribution is -2.48. The fourth-order valence-corrected chi connectivity index (χ4v) is 3.98. The summed E-state index contributed by atoms with van der Waals surface area (Å²) >= 11 is 0. The molecule has 0 N–H and O–H groups in total. The lowest BCUT2D eigenvalue weighted by atomic mass is 9.75. The molecule has 24 heavy (non-hydrogen) atoms. The largest absolute Gasteiger partial charge is 0.463 e. The van der Waals surface area contributed by atoms with Crippen LogP contribution in [0, 0.1) is 11.3 Å². The maximum atomic E-state index is 12.8. The lowest BCUT2D eigenvalue weighted by molar-refractivity contribution is -0.186. The first-order valence-electron chi connectivity index (χ1n) is 8.12. The van der Waals surface area contributed by atoms with E-state index in [0.29, 0.717) is 24.1 Å². The van der Waals surface area contributed by atoms with Crippen molar-refractivity contribution in [3.05, 3.63) is 30.3 Å². The van der Waals surface area contributed by atoms with Gasteiger partial charge in [-0.25, -0.2) is 4.79 Å². The van der Waals surface area contributed by atoms with Crippen LogP contribution in [0.1, 0.15) is 45.4 Å². The van der Waals surface area contributed by atoms with Gasteiger partial charge in [0.2, 0.25) is 5.60 Å². The molecule has 0 aromatic carbocycles. The third-order valence-corrected chi connectivity index (χ3v) is 5.65. The van der Waals surface area contributed by atoms with Gasteiger partial charge in [-0.15, -0.1) is 0 Å². The van der Waals surface area contributed by atoms with Gasteiger partial charge >= 0.3 is 11.9 Å². The molecule has 0 amide bonds. The normalized spacial score (nSPS) is 28.8. The van der Waals surface area contributed by atoms with E-state index in [2.05, 4.69) is 4.98 Å². The Balaban J connectivity index is 1.58. The maximum Gasteiger partial charge on any atom is 0.351 e. The number of nitrogens with zero attached hydrogens (tertiary/aromatic N) is 1. The Morgan fingerprint density at radius 2 is 2.25 bits per heavy atom. The van der Waals surface area contributed by atoms with Crippen molar-refractivity contribution in [3.8, 4) is 0 Å². The van der Waals surface area contributed by atoms with E-state index >= 15 is 0 Å². The van der Waals surface area contributed by atoms with E-state index in [1.807, 2.05) is 26.0 Å². The molecule has 2 bridgehead atoms. The Kier molecular flexibility index (Phi) is 3.04. The predicted molar refractivity (Wildman–Crippen MR) is 83.8 cm³/mol. The zero-order chi connectivity index (χ0) is 17.1. The molecule has 2 aromatic heterocycles. The van der Waals surface area contributed by atoms with E-state index in [0.717, 1.165) is 5.39 Å². The smallest absolute Gasteiger partial charge is 0.351 e. The molecule has 1 saturated heterocycles. The molecule has 126 valence electrons. The molecule has 6 nitrogen and oxygen atoms in total. The van der Waals surface area contributed by atoms with Crippen LogP contribution in [0.15, 0.2) is 29.0 Å². The number of carbonyl (C=O) groups is 2. The second-order valence-corrected chi connectivity index (χ2v) is 7.18. The Morgan fingerprint density at radius 1 is 1.46 bits per heavy atom. The molecule has 3 atom stereocenters. The number of hydrogen-bond acceptors (Lipinski definition) is 6. The van der Waals surface area contributed by atoms with Gasteiger partial charge < -0.3 is 13.9 Å². The number of pyridine rings is 1. The van der Waals surface area contributed by atoms with Crippen molar-refractivity contribution >= 4 is 22.9 Å². The van der Waals surface area contributed by atoms with Gasteiger partial charge in [0.1, 0.15) is 6.10 Å². The first-order chi connectivity index (χ1) is 11.3. The van der Waals surface area contributed by atoms with E-state index in [1.54, 1.807) is 19.4 Å². The summed E-state index contributed by atoms with van der Waals surface area (Å²) in [6, 6.07) is 3.66. The Morgan fingerprint density at radius 3 is 2.92 bits per heavy atom. The van der Waals surface area contributed by atoms with Crippen molar-refractivity contribution in [3.63, 3.8) is 0 Å². The first-order valence-corrected chi connectivity index (χ1v) is 8.12. The number of furan rings is 1. The predicted octanol–water partition coefficient (Wildman–Crippen LogP) is 3.16. The third kappa shape index (κ3) is 1.85. The SMILES string of the molecule is C[C@@H](OC(=O)[C@@]12CC[C@@H](C(=O)O1)C2(C)C)c1cc2ccoc2cn1. The molecule has 6 heteroatoms. The molecule has 0 unspecified atom stereocenters. The number of hydrogen-bond donors (Lipinski definition) is 0. The molecular formula is C18H19NO5. The van der Waals surface area contributed by atoms with Gasteiger partial charge in [-0.1, -0.05) is 13.8 Å². The Labute approximate surface area is 139 Å². The molecule has 1 saturated carbocycles. The van der Waals surface area contributed by atoms with Crippen LogP contribution in [0.25, 0.3) is 11.0 Å². The number of aromatic nitrogens is 1. The number of esters is 2. The molecule has 2 aliphatic rings. The fourth-order valence-electron chi connectivity index (χ4n) is 3.98. The minimum Gasteiger partial charge on any atom is -0.463 e. The molecule has 0 radical (unpaired) electrons. The van der Waals surface area contributed by atoms with Gasteiger partial charge in [0.15, 0.2) is 5.58 Å². The summed E-state index contributed by atoms with van der Waals surface area (Å²) in [4.78, 5) is 29.1. The highest BCUT2D eigenvalue weighted by Gasteiger charge is 2.70. The van der Waals surface area contributed by atoms with Gasteiger partial charge in [0.25, 0.3) is 0 Å². The van der Waals surface area contributed by atoms with Crippen LogP contribution in [-0.2, 0) is 19.1 Å². The van der Waals surface area contributed by atoms with Gasteiger partial charge in [-0.05, 0) is 31.9 Å². The van der Waals surface area contributed by atoms with Gasteiger partial charge in [-0.2, -0.15) is 0 Å². The zero-order valence-electron chi connectivity index (χ0n) is 13.9. The summed E-state index contributed by atoms with van der Waals surface area (Å²) in [5, 5.41) is 0.898. The van der Waals surface area contributed by atoms with Crippen molar-refractivity contribution in [2.75, 3.05) is 0 Å². The van der Waals surface area contributed by atoms with Crippen molar-refractivity contribution in [1.29, 1.82) is 0 Å². The molecule has 1 aliphatic carbocycles. The topological polar surface area (TPSA) is 78.6 Å². The van der Waals surface area contributed by atoms with E-state index in [-0.39, 0.29) is 11.9 Å². The van der Waals surface area contributed by atoms with Crippen LogP contribution in [0.5, 0.6) is 0 Å². The van der Waals surface area contributed by atoms with Crippen LogP contribution in [0.4, 0.5) is 0 Å². The summed E-state index contributed by atoms with van der Waals surface area (Å²) < 4.78 is 16.4.